The zero-order chi connectivity index (χ0) is 13.0. The van der Waals surface area contributed by atoms with Gasteiger partial charge in [0.15, 0.2) is 0 Å². The van der Waals surface area contributed by atoms with E-state index in [4.69, 9.17) is 11.6 Å². The summed E-state index contributed by atoms with van der Waals surface area (Å²) in [6.07, 6.45) is 3.94. The number of hydrogen-bond acceptors (Lipinski definition) is 2. The molecule has 0 radical (unpaired) electrons. The molecule has 18 heavy (non-hydrogen) atoms. The number of benzene rings is 1. The average Bonchev–Trinajstić information content (AvgIpc) is 3.13. The molecule has 1 unspecified atom stereocenters. The first-order valence-electron chi connectivity index (χ1n) is 6.83. The van der Waals surface area contributed by atoms with Crippen molar-refractivity contribution in [3.05, 3.63) is 34.9 Å². The van der Waals surface area contributed by atoms with Gasteiger partial charge in [-0.1, -0.05) is 23.7 Å². The van der Waals surface area contributed by atoms with Gasteiger partial charge >= 0.3 is 0 Å². The van der Waals surface area contributed by atoms with Crippen molar-refractivity contribution in [2.24, 2.45) is 0 Å². The minimum absolute atomic E-state index is 0.593. The van der Waals surface area contributed by atoms with Crippen LogP contribution in [0.25, 0.3) is 0 Å². The van der Waals surface area contributed by atoms with E-state index in [2.05, 4.69) is 30.3 Å². The van der Waals surface area contributed by atoms with Crippen molar-refractivity contribution in [2.75, 3.05) is 13.6 Å². The highest BCUT2D eigenvalue weighted by Crippen LogP contribution is 2.19. The second-order valence-corrected chi connectivity index (χ2v) is 5.85. The molecule has 1 saturated carbocycles. The average molecular weight is 267 g/mol. The molecule has 1 fully saturated rings. The van der Waals surface area contributed by atoms with Crippen molar-refractivity contribution in [3.63, 3.8) is 0 Å². The number of hydrogen-bond donors (Lipinski definition) is 1. The van der Waals surface area contributed by atoms with Gasteiger partial charge in [0, 0.05) is 23.7 Å². The molecule has 0 amide bonds. The van der Waals surface area contributed by atoms with Crippen molar-refractivity contribution < 1.29 is 0 Å². The molecule has 1 aliphatic carbocycles. The molecule has 0 saturated heterocycles. The molecule has 1 N–H and O–H groups in total. The molecule has 1 atom stereocenters. The molecule has 0 aromatic heterocycles. The number of rotatable bonds is 7. The van der Waals surface area contributed by atoms with Gasteiger partial charge in [-0.3, -0.25) is 4.90 Å². The first-order valence-corrected chi connectivity index (χ1v) is 7.21. The summed E-state index contributed by atoms with van der Waals surface area (Å²) < 4.78 is 0. The lowest BCUT2D eigenvalue weighted by Gasteiger charge is -2.25. The van der Waals surface area contributed by atoms with E-state index < -0.39 is 0 Å². The third-order valence-electron chi connectivity index (χ3n) is 3.65. The van der Waals surface area contributed by atoms with Crippen LogP contribution in [0.2, 0.25) is 5.02 Å². The fourth-order valence-electron chi connectivity index (χ4n) is 2.08. The molecule has 2 nitrogen and oxygen atoms in total. The van der Waals surface area contributed by atoms with Crippen LogP contribution in [0.15, 0.2) is 24.3 Å². The minimum Gasteiger partial charge on any atom is -0.314 e. The van der Waals surface area contributed by atoms with Gasteiger partial charge in [0.05, 0.1) is 0 Å². The minimum atomic E-state index is 0.593. The van der Waals surface area contributed by atoms with Crippen LogP contribution < -0.4 is 5.32 Å². The van der Waals surface area contributed by atoms with E-state index in [9.17, 15) is 0 Å². The lowest BCUT2D eigenvalue weighted by atomic mass is 10.1. The van der Waals surface area contributed by atoms with Crippen LogP contribution in [0.3, 0.4) is 0 Å². The summed E-state index contributed by atoms with van der Waals surface area (Å²) in [6.45, 7) is 4.38. The van der Waals surface area contributed by atoms with Crippen LogP contribution in [0.5, 0.6) is 0 Å². The summed E-state index contributed by atoms with van der Waals surface area (Å²) in [5.41, 5.74) is 1.28. The Bertz CT molecular complexity index is 377. The van der Waals surface area contributed by atoms with E-state index in [-0.39, 0.29) is 0 Å². The van der Waals surface area contributed by atoms with E-state index >= 15 is 0 Å². The van der Waals surface area contributed by atoms with Crippen LogP contribution in [0.4, 0.5) is 0 Å². The molecule has 0 heterocycles. The quantitative estimate of drug-likeness (QED) is 0.815. The Morgan fingerprint density at radius 1 is 1.44 bits per heavy atom. The second kappa shape index (κ2) is 6.55. The highest BCUT2D eigenvalue weighted by molar-refractivity contribution is 6.30. The Kier molecular flexibility index (Phi) is 5.04. The summed E-state index contributed by atoms with van der Waals surface area (Å²) in [4.78, 5) is 2.39. The standard InChI is InChI=1S/C15H23ClN2/c1-12(8-9-17-15-6-7-15)18(2)11-13-4-3-5-14(16)10-13/h3-5,10,12,15,17H,6-9,11H2,1-2H3. The lowest BCUT2D eigenvalue weighted by Crippen LogP contribution is -2.32. The first kappa shape index (κ1) is 13.9. The van der Waals surface area contributed by atoms with E-state index in [1.165, 1.54) is 24.8 Å². The maximum atomic E-state index is 6.00. The molecule has 3 heteroatoms. The summed E-state index contributed by atoms with van der Waals surface area (Å²) in [5, 5.41) is 4.39. The fraction of sp³-hybridized carbons (Fsp3) is 0.600. The molecule has 0 spiro atoms. The van der Waals surface area contributed by atoms with E-state index in [1.807, 2.05) is 18.2 Å². The highest BCUT2D eigenvalue weighted by atomic mass is 35.5. The largest absolute Gasteiger partial charge is 0.314 e. The van der Waals surface area contributed by atoms with E-state index in [1.54, 1.807) is 0 Å². The Morgan fingerprint density at radius 3 is 2.89 bits per heavy atom. The lowest BCUT2D eigenvalue weighted by molar-refractivity contribution is 0.236. The molecular weight excluding hydrogens is 244 g/mol. The fourth-order valence-corrected chi connectivity index (χ4v) is 2.30. The summed E-state index contributed by atoms with van der Waals surface area (Å²) in [7, 11) is 2.18. The molecule has 1 aromatic carbocycles. The molecule has 100 valence electrons. The highest BCUT2D eigenvalue weighted by Gasteiger charge is 2.20. The molecule has 1 aromatic rings. The van der Waals surface area contributed by atoms with Gasteiger partial charge in [-0.25, -0.2) is 0 Å². The zero-order valence-electron chi connectivity index (χ0n) is 11.3. The van der Waals surface area contributed by atoms with Crippen molar-refractivity contribution in [1.29, 1.82) is 0 Å². The number of nitrogens with one attached hydrogen (secondary N) is 1. The second-order valence-electron chi connectivity index (χ2n) is 5.41. The smallest absolute Gasteiger partial charge is 0.0409 e. The monoisotopic (exact) mass is 266 g/mol. The van der Waals surface area contributed by atoms with Gasteiger partial charge in [-0.05, 0) is 57.5 Å². The van der Waals surface area contributed by atoms with Crippen LogP contribution in [0.1, 0.15) is 31.7 Å². The Balaban J connectivity index is 1.73. The van der Waals surface area contributed by atoms with Gasteiger partial charge < -0.3 is 5.32 Å². The summed E-state index contributed by atoms with van der Waals surface area (Å²) in [5.74, 6) is 0. The Labute approximate surface area is 115 Å². The van der Waals surface area contributed by atoms with Crippen LogP contribution in [0, 0.1) is 0 Å². The van der Waals surface area contributed by atoms with Crippen molar-refractivity contribution in [2.45, 2.75) is 44.8 Å². The predicted molar refractivity (Wildman–Crippen MR) is 78.0 cm³/mol. The molecular formula is C15H23ClN2. The number of nitrogens with zero attached hydrogens (tertiary/aromatic N) is 1. The molecule has 0 bridgehead atoms. The zero-order valence-corrected chi connectivity index (χ0v) is 12.1. The third kappa shape index (κ3) is 4.60. The maximum Gasteiger partial charge on any atom is 0.0409 e. The van der Waals surface area contributed by atoms with Crippen LogP contribution in [-0.4, -0.2) is 30.6 Å². The normalized spacial score (nSPS) is 17.1. The SMILES string of the molecule is CC(CCNC1CC1)N(C)Cc1cccc(Cl)c1. The van der Waals surface area contributed by atoms with Gasteiger partial charge in [0.1, 0.15) is 0 Å². The predicted octanol–water partition coefficient (Wildman–Crippen LogP) is 3.30. The third-order valence-corrected chi connectivity index (χ3v) is 3.88. The van der Waals surface area contributed by atoms with Crippen molar-refractivity contribution in [3.8, 4) is 0 Å². The topological polar surface area (TPSA) is 15.3 Å². The summed E-state index contributed by atoms with van der Waals surface area (Å²) in [6, 6.07) is 9.54. The van der Waals surface area contributed by atoms with Crippen molar-refractivity contribution in [1.82, 2.24) is 10.2 Å². The number of halogens is 1. The van der Waals surface area contributed by atoms with Gasteiger partial charge in [0.2, 0.25) is 0 Å². The van der Waals surface area contributed by atoms with E-state index in [0.29, 0.717) is 6.04 Å². The Hall–Kier alpha value is -0.570. The maximum absolute atomic E-state index is 6.00. The van der Waals surface area contributed by atoms with Gasteiger partial charge in [0.25, 0.3) is 0 Å². The van der Waals surface area contributed by atoms with Gasteiger partial charge in [-0.2, -0.15) is 0 Å². The van der Waals surface area contributed by atoms with Gasteiger partial charge in [-0.15, -0.1) is 0 Å². The molecule has 1 aliphatic rings. The summed E-state index contributed by atoms with van der Waals surface area (Å²) >= 11 is 6.00. The van der Waals surface area contributed by atoms with Crippen molar-refractivity contribution >= 4 is 11.6 Å². The first-order chi connectivity index (χ1) is 8.65. The molecule has 0 aliphatic heterocycles. The Morgan fingerprint density at radius 2 is 2.22 bits per heavy atom. The van der Waals surface area contributed by atoms with Crippen LogP contribution in [-0.2, 0) is 6.54 Å². The van der Waals surface area contributed by atoms with E-state index in [0.717, 1.165) is 24.2 Å². The molecule has 2 rings (SSSR count). The van der Waals surface area contributed by atoms with Crippen LogP contribution >= 0.6 is 11.6 Å².